The third-order valence-corrected chi connectivity index (χ3v) is 7.79. The normalized spacial score (nSPS) is 26.7. The number of aromatic hydroxyl groups is 1. The highest BCUT2D eigenvalue weighted by atomic mass is 16.3. The van der Waals surface area contributed by atoms with Gasteiger partial charge in [-0.25, -0.2) is 0 Å². The summed E-state index contributed by atoms with van der Waals surface area (Å²) >= 11 is 0. The van der Waals surface area contributed by atoms with Crippen molar-refractivity contribution in [2.75, 3.05) is 33.1 Å². The molecule has 0 bridgehead atoms. The maximum Gasteiger partial charge on any atom is 0.255 e. The Kier molecular flexibility index (Phi) is 6.53. The zero-order valence-corrected chi connectivity index (χ0v) is 21.8. The minimum Gasteiger partial charge on any atom is -0.508 e. The molecule has 1 fully saturated rings. The lowest BCUT2D eigenvalue weighted by Gasteiger charge is -2.50. The lowest BCUT2D eigenvalue weighted by Crippen LogP contribution is -2.65. The number of Topliss-reactive ketones (excluding diaryl/α,β-unsaturated/α-hetero) is 2. The number of rotatable bonds is 5. The Morgan fingerprint density at radius 1 is 1.16 bits per heavy atom. The van der Waals surface area contributed by atoms with Crippen LogP contribution in [0.3, 0.4) is 0 Å². The van der Waals surface area contributed by atoms with Crippen LogP contribution in [0.5, 0.6) is 5.75 Å². The molecule has 0 heterocycles. The number of likely N-dealkylation sites (N-methyl/N-ethyl adjacent to an activating group) is 1. The third-order valence-electron chi connectivity index (χ3n) is 7.79. The van der Waals surface area contributed by atoms with E-state index in [0.717, 1.165) is 0 Å². The number of hydrogen-bond acceptors (Lipinski definition) is 10. The summed E-state index contributed by atoms with van der Waals surface area (Å²) in [4.78, 5) is 53.9. The zero-order valence-electron chi connectivity index (χ0n) is 21.8. The molecule has 12 nitrogen and oxygen atoms in total. The van der Waals surface area contributed by atoms with Gasteiger partial charge < -0.3 is 36.4 Å². The molecular weight excluding hydrogens is 496 g/mol. The van der Waals surface area contributed by atoms with Crippen LogP contribution in [0.1, 0.15) is 30.0 Å². The number of hydrogen-bond donors (Lipinski definition) is 6. The Bertz CT molecular complexity index is 1340. The van der Waals surface area contributed by atoms with Crippen LogP contribution in [-0.2, 0) is 32.1 Å². The van der Waals surface area contributed by atoms with Gasteiger partial charge in [-0.05, 0) is 44.5 Å². The largest absolute Gasteiger partial charge is 0.508 e. The summed E-state index contributed by atoms with van der Waals surface area (Å²) in [5.74, 6) is -7.36. The molecule has 2 amide bonds. The molecule has 0 saturated heterocycles. The average molecular weight is 529 g/mol. The van der Waals surface area contributed by atoms with Gasteiger partial charge in [-0.15, -0.1) is 0 Å². The van der Waals surface area contributed by atoms with Crippen molar-refractivity contribution in [3.63, 3.8) is 0 Å². The molecule has 1 saturated carbocycles. The highest BCUT2D eigenvalue weighted by molar-refractivity contribution is 6.24. The predicted octanol–water partition coefficient (Wildman–Crippen LogP) is -0.334. The van der Waals surface area contributed by atoms with Crippen LogP contribution in [0.15, 0.2) is 23.0 Å². The number of benzene rings is 1. The topological polar surface area (TPSA) is 194 Å². The fraction of sp³-hybridized carbons (Fsp3) is 0.462. The van der Waals surface area contributed by atoms with Crippen LogP contribution >= 0.6 is 0 Å². The summed E-state index contributed by atoms with van der Waals surface area (Å²) in [5.41, 5.74) is 3.02. The Labute approximate surface area is 219 Å². The molecule has 12 heteroatoms. The fourth-order valence-electron chi connectivity index (χ4n) is 6.10. The Morgan fingerprint density at radius 3 is 2.32 bits per heavy atom. The van der Waals surface area contributed by atoms with Crippen molar-refractivity contribution in [2.45, 2.75) is 38.0 Å². The number of primary amides is 1. The first-order chi connectivity index (χ1) is 17.6. The van der Waals surface area contributed by atoms with Crippen LogP contribution in [0.25, 0.3) is 5.76 Å². The number of phenols is 1. The van der Waals surface area contributed by atoms with Gasteiger partial charge in [-0.1, -0.05) is 0 Å². The number of aliphatic hydroxyl groups excluding tert-OH is 2. The number of aliphatic hydroxyl groups is 3. The number of phenolic OH excluding ortho intramolecular Hbond substituents is 1. The van der Waals surface area contributed by atoms with E-state index >= 15 is 0 Å². The molecule has 3 aliphatic carbocycles. The van der Waals surface area contributed by atoms with Crippen LogP contribution in [0, 0.1) is 11.8 Å². The number of ketones is 2. The van der Waals surface area contributed by atoms with Gasteiger partial charge in [0.1, 0.15) is 22.8 Å². The van der Waals surface area contributed by atoms with Crippen molar-refractivity contribution in [3.05, 3.63) is 39.7 Å². The lowest BCUT2D eigenvalue weighted by atomic mass is 9.57. The van der Waals surface area contributed by atoms with Crippen molar-refractivity contribution in [3.8, 4) is 5.75 Å². The number of fused-ring (bicyclic) bond motifs is 3. The van der Waals surface area contributed by atoms with Crippen molar-refractivity contribution in [1.29, 1.82) is 0 Å². The minimum absolute atomic E-state index is 0.00698. The summed E-state index contributed by atoms with van der Waals surface area (Å²) in [6, 6.07) is 0.540. The molecule has 0 aromatic heterocycles. The van der Waals surface area contributed by atoms with Crippen LogP contribution in [0.4, 0.5) is 5.69 Å². The van der Waals surface area contributed by atoms with E-state index < -0.39 is 58.0 Å². The van der Waals surface area contributed by atoms with Crippen LogP contribution in [0.2, 0.25) is 0 Å². The van der Waals surface area contributed by atoms with Crippen molar-refractivity contribution >= 4 is 34.8 Å². The summed E-state index contributed by atoms with van der Waals surface area (Å²) in [6.45, 7) is 1.28. The number of carbonyl (C=O) groups is 4. The highest BCUT2D eigenvalue weighted by Crippen LogP contribution is 2.54. The Hall–Kier alpha value is -3.90. The van der Waals surface area contributed by atoms with Gasteiger partial charge in [0, 0.05) is 50.3 Å². The minimum atomic E-state index is -2.70. The van der Waals surface area contributed by atoms with E-state index in [9.17, 15) is 39.6 Å². The first-order valence-corrected chi connectivity index (χ1v) is 12.1. The molecule has 1 aromatic rings. The van der Waals surface area contributed by atoms with E-state index in [0.29, 0.717) is 16.8 Å². The lowest BCUT2D eigenvalue weighted by molar-refractivity contribution is -0.153. The number of carbonyl (C=O) groups excluding carboxylic acids is 4. The maximum absolute atomic E-state index is 13.9. The van der Waals surface area contributed by atoms with Gasteiger partial charge in [-0.3, -0.25) is 24.1 Å². The summed E-state index contributed by atoms with van der Waals surface area (Å²) in [7, 11) is 6.64. The number of nitrogens with two attached hydrogens (primary N) is 1. The number of anilines is 1. The van der Waals surface area contributed by atoms with Gasteiger partial charge in [0.15, 0.2) is 11.4 Å². The van der Waals surface area contributed by atoms with E-state index in [1.807, 2.05) is 0 Å². The summed E-state index contributed by atoms with van der Waals surface area (Å²) in [6.07, 6.45) is 0.184. The summed E-state index contributed by atoms with van der Waals surface area (Å²) < 4.78 is 0. The Balaban J connectivity index is 1.97. The number of amides is 2. The Morgan fingerprint density at radius 2 is 1.79 bits per heavy atom. The monoisotopic (exact) mass is 528 g/mol. The molecule has 4 rings (SSSR count). The van der Waals surface area contributed by atoms with Crippen molar-refractivity contribution in [2.24, 2.45) is 17.6 Å². The van der Waals surface area contributed by atoms with Crippen molar-refractivity contribution in [1.82, 2.24) is 10.2 Å². The molecule has 1 aromatic carbocycles. The first-order valence-electron chi connectivity index (χ1n) is 12.1. The quantitative estimate of drug-likeness (QED) is 0.276. The zero-order chi connectivity index (χ0) is 28.4. The second kappa shape index (κ2) is 9.14. The van der Waals surface area contributed by atoms with E-state index in [4.69, 9.17) is 5.73 Å². The van der Waals surface area contributed by atoms with E-state index in [1.54, 1.807) is 39.2 Å². The molecule has 0 aliphatic heterocycles. The van der Waals surface area contributed by atoms with E-state index in [1.165, 1.54) is 11.8 Å². The molecule has 4 atom stereocenters. The van der Waals surface area contributed by atoms with Gasteiger partial charge in [0.2, 0.25) is 11.7 Å². The maximum atomic E-state index is 13.9. The van der Waals surface area contributed by atoms with Gasteiger partial charge in [0.25, 0.3) is 5.91 Å². The molecule has 38 heavy (non-hydrogen) atoms. The van der Waals surface area contributed by atoms with Gasteiger partial charge in [0.05, 0.1) is 11.6 Å². The van der Waals surface area contributed by atoms with Crippen LogP contribution < -0.4 is 16.0 Å². The number of nitrogens with one attached hydrogen (secondary N) is 1. The van der Waals surface area contributed by atoms with E-state index in [2.05, 4.69) is 5.32 Å². The standard InChI is InChI=1S/C26H32N4O8/c1-10(31)28-9-12-8-15(29(2)3)13-6-11-7-14-19(30(4)5)22(34)18(25(27)37)24(36)26(14,38)23(35)16(11)21(33)17(13)20(12)32/h8,11,14,19,32-33,36,38H,6-7,9H2,1-5H3,(H2,27,37)(H,28,31)/t11?,14?,19-,26+/m1/s1. The van der Waals surface area contributed by atoms with Crippen molar-refractivity contribution < 1.29 is 39.6 Å². The predicted molar refractivity (Wildman–Crippen MR) is 136 cm³/mol. The fourth-order valence-corrected chi connectivity index (χ4v) is 6.10. The average Bonchev–Trinajstić information content (AvgIpc) is 2.80. The molecule has 2 unspecified atom stereocenters. The molecule has 3 aliphatic rings. The van der Waals surface area contributed by atoms with Gasteiger partial charge in [-0.2, -0.15) is 0 Å². The van der Waals surface area contributed by atoms with Crippen LogP contribution in [-0.4, -0.2) is 88.5 Å². The molecule has 0 spiro atoms. The van der Waals surface area contributed by atoms with Gasteiger partial charge >= 0.3 is 0 Å². The second-order valence-electron chi connectivity index (χ2n) is 10.5. The SMILES string of the molecule is CC(=O)NCc1cc(N(C)C)c2c(c1O)C(O)=C1C(=O)[C@]3(O)C(O)=C(C(N)=O)C(=O)[C@H](N(C)C)C3CC1C2. The molecule has 204 valence electrons. The number of nitrogens with zero attached hydrogens (tertiary/aromatic N) is 2. The van der Waals surface area contributed by atoms with E-state index in [-0.39, 0.29) is 42.2 Å². The second-order valence-corrected chi connectivity index (χ2v) is 10.5. The smallest absolute Gasteiger partial charge is 0.255 e. The molecule has 0 radical (unpaired) electrons. The first kappa shape index (κ1) is 27.1. The highest BCUT2D eigenvalue weighted by Gasteiger charge is 2.64. The summed E-state index contributed by atoms with van der Waals surface area (Å²) in [5, 5.41) is 47.7. The molecule has 7 N–H and O–H groups in total. The molecular formula is C26H32N4O8. The third kappa shape index (κ3) is 3.74.